The van der Waals surface area contributed by atoms with Gasteiger partial charge in [-0.1, -0.05) is 30.3 Å². The van der Waals surface area contributed by atoms with Crippen LogP contribution >= 0.6 is 24.8 Å². The summed E-state index contributed by atoms with van der Waals surface area (Å²) in [5, 5.41) is 2.64. The molecule has 0 spiro atoms. The van der Waals surface area contributed by atoms with Gasteiger partial charge < -0.3 is 20.8 Å². The number of esters is 1. The van der Waals surface area contributed by atoms with Crippen molar-refractivity contribution >= 4 is 36.7 Å². The largest absolute Gasteiger partial charge is 0.467 e. The van der Waals surface area contributed by atoms with E-state index < -0.39 is 24.0 Å². The van der Waals surface area contributed by atoms with E-state index >= 15 is 0 Å². The predicted octanol–water partition coefficient (Wildman–Crippen LogP) is 1.02. The Labute approximate surface area is 158 Å². The number of rotatable bonds is 7. The highest BCUT2D eigenvalue weighted by Crippen LogP contribution is 2.04. The number of aromatic nitrogens is 2. The first-order valence-corrected chi connectivity index (χ1v) is 7.25. The van der Waals surface area contributed by atoms with E-state index in [1.165, 1.54) is 13.4 Å². The lowest BCUT2D eigenvalue weighted by molar-refractivity contribution is -0.145. The number of H-pyrrole nitrogens is 1. The molecule has 25 heavy (non-hydrogen) atoms. The van der Waals surface area contributed by atoms with E-state index in [4.69, 9.17) is 10.5 Å². The molecule has 138 valence electrons. The molecule has 1 aromatic carbocycles. The van der Waals surface area contributed by atoms with Gasteiger partial charge in [0.2, 0.25) is 5.91 Å². The number of methoxy groups -OCH3 is 1. The highest BCUT2D eigenvalue weighted by Gasteiger charge is 2.25. The van der Waals surface area contributed by atoms with Crippen LogP contribution in [0.25, 0.3) is 0 Å². The number of amides is 1. The molecule has 0 aliphatic heterocycles. The van der Waals surface area contributed by atoms with Crippen molar-refractivity contribution in [3.63, 3.8) is 0 Å². The zero-order valence-corrected chi connectivity index (χ0v) is 15.3. The topological polar surface area (TPSA) is 110 Å². The SMILES string of the molecule is COC(=O)[C@H](Cc1cnc[nH]1)NC(=O)[C@@H](N)Cc1ccccc1.Cl.Cl. The van der Waals surface area contributed by atoms with Gasteiger partial charge >= 0.3 is 5.97 Å². The Hall–Kier alpha value is -2.09. The third-order valence-electron chi connectivity index (χ3n) is 3.42. The van der Waals surface area contributed by atoms with Crippen LogP contribution in [0.3, 0.4) is 0 Å². The van der Waals surface area contributed by atoms with Gasteiger partial charge in [-0.2, -0.15) is 0 Å². The fraction of sp³-hybridized carbons (Fsp3) is 0.312. The third-order valence-corrected chi connectivity index (χ3v) is 3.42. The van der Waals surface area contributed by atoms with Gasteiger partial charge in [0.15, 0.2) is 0 Å². The number of nitrogens with two attached hydrogens (primary N) is 1. The summed E-state index contributed by atoms with van der Waals surface area (Å²) < 4.78 is 4.73. The molecule has 4 N–H and O–H groups in total. The lowest BCUT2D eigenvalue weighted by atomic mass is 10.1. The molecule has 0 bridgehead atoms. The van der Waals surface area contributed by atoms with E-state index in [9.17, 15) is 9.59 Å². The summed E-state index contributed by atoms with van der Waals surface area (Å²) in [5.41, 5.74) is 7.60. The monoisotopic (exact) mass is 388 g/mol. The normalized spacial score (nSPS) is 12.1. The molecular weight excluding hydrogens is 367 g/mol. The fourth-order valence-corrected chi connectivity index (χ4v) is 2.19. The molecule has 2 rings (SSSR count). The van der Waals surface area contributed by atoms with Crippen molar-refractivity contribution < 1.29 is 14.3 Å². The van der Waals surface area contributed by atoms with Gasteiger partial charge in [0, 0.05) is 18.3 Å². The molecule has 7 nitrogen and oxygen atoms in total. The van der Waals surface area contributed by atoms with E-state index in [0.717, 1.165) is 11.3 Å². The van der Waals surface area contributed by atoms with E-state index in [1.807, 2.05) is 30.3 Å². The quantitative estimate of drug-likeness (QED) is 0.613. The molecule has 0 aliphatic rings. The summed E-state index contributed by atoms with van der Waals surface area (Å²) in [4.78, 5) is 30.9. The number of nitrogens with one attached hydrogen (secondary N) is 2. The van der Waals surface area contributed by atoms with Crippen molar-refractivity contribution in [2.24, 2.45) is 5.73 Å². The van der Waals surface area contributed by atoms with Crippen LogP contribution in [0.1, 0.15) is 11.3 Å². The smallest absolute Gasteiger partial charge is 0.328 e. The van der Waals surface area contributed by atoms with E-state index in [2.05, 4.69) is 15.3 Å². The zero-order valence-electron chi connectivity index (χ0n) is 13.7. The van der Waals surface area contributed by atoms with Crippen molar-refractivity contribution in [3.8, 4) is 0 Å². The first kappa shape index (κ1) is 22.9. The van der Waals surface area contributed by atoms with E-state index in [0.29, 0.717) is 6.42 Å². The van der Waals surface area contributed by atoms with Gasteiger partial charge in [-0.15, -0.1) is 24.8 Å². The number of carbonyl (C=O) groups is 2. The average Bonchev–Trinajstić information content (AvgIpc) is 3.07. The number of halogens is 2. The predicted molar refractivity (Wildman–Crippen MR) is 98.9 cm³/mol. The molecule has 0 saturated heterocycles. The number of benzene rings is 1. The van der Waals surface area contributed by atoms with Crippen molar-refractivity contribution in [1.29, 1.82) is 0 Å². The summed E-state index contributed by atoms with van der Waals surface area (Å²) in [5.74, 6) is -0.927. The summed E-state index contributed by atoms with van der Waals surface area (Å²) in [6.07, 6.45) is 3.75. The van der Waals surface area contributed by atoms with Crippen LogP contribution in [0, 0.1) is 0 Å². The summed E-state index contributed by atoms with van der Waals surface area (Å²) in [6.45, 7) is 0. The molecule has 1 amide bonds. The lowest BCUT2D eigenvalue weighted by Gasteiger charge is -2.18. The van der Waals surface area contributed by atoms with Gasteiger partial charge in [-0.05, 0) is 12.0 Å². The minimum Gasteiger partial charge on any atom is -0.467 e. The molecule has 0 saturated carbocycles. The number of nitrogens with zero attached hydrogens (tertiary/aromatic N) is 1. The van der Waals surface area contributed by atoms with Crippen LogP contribution in [0.4, 0.5) is 0 Å². The lowest BCUT2D eigenvalue weighted by Crippen LogP contribution is -2.50. The number of carbonyl (C=O) groups excluding carboxylic acids is 2. The summed E-state index contributed by atoms with van der Waals surface area (Å²) in [6, 6.07) is 7.91. The second kappa shape index (κ2) is 11.5. The number of ether oxygens (including phenoxy) is 1. The molecule has 1 aromatic heterocycles. The van der Waals surface area contributed by atoms with Crippen LogP contribution in [-0.4, -0.2) is 41.0 Å². The molecule has 2 aromatic rings. The molecular formula is C16H22Cl2N4O3. The van der Waals surface area contributed by atoms with E-state index in [1.54, 1.807) is 6.20 Å². The molecule has 0 unspecified atom stereocenters. The van der Waals surface area contributed by atoms with Gasteiger partial charge in [-0.25, -0.2) is 9.78 Å². The molecule has 0 radical (unpaired) electrons. The highest BCUT2D eigenvalue weighted by molar-refractivity contribution is 5.87. The van der Waals surface area contributed by atoms with Crippen LogP contribution in [0.15, 0.2) is 42.9 Å². The van der Waals surface area contributed by atoms with Crippen molar-refractivity contribution in [2.45, 2.75) is 24.9 Å². The van der Waals surface area contributed by atoms with Gasteiger partial charge in [0.25, 0.3) is 0 Å². The molecule has 2 atom stereocenters. The summed E-state index contributed by atoms with van der Waals surface area (Å²) >= 11 is 0. The molecule has 1 heterocycles. The van der Waals surface area contributed by atoms with Gasteiger partial charge in [0.05, 0.1) is 19.5 Å². The summed E-state index contributed by atoms with van der Waals surface area (Å²) in [7, 11) is 1.28. The standard InChI is InChI=1S/C16H20N4O3.2ClH/c1-23-16(22)14(8-12-9-18-10-19-12)20-15(21)13(17)7-11-5-3-2-4-6-11;;/h2-6,9-10,13-14H,7-8,17H2,1H3,(H,18,19)(H,20,21);2*1H/t13-,14-;;/m0../s1. The molecule has 0 aliphatic carbocycles. The van der Waals surface area contributed by atoms with E-state index in [-0.39, 0.29) is 31.2 Å². The Morgan fingerprint density at radius 3 is 2.48 bits per heavy atom. The minimum atomic E-state index is -0.810. The first-order chi connectivity index (χ1) is 11.1. The maximum absolute atomic E-state index is 12.2. The Kier molecular flexibility index (Phi) is 10.5. The maximum Gasteiger partial charge on any atom is 0.328 e. The van der Waals surface area contributed by atoms with Crippen LogP contribution in [0.2, 0.25) is 0 Å². The van der Waals surface area contributed by atoms with Crippen LogP contribution in [-0.2, 0) is 27.2 Å². The molecule has 9 heteroatoms. The Morgan fingerprint density at radius 2 is 1.92 bits per heavy atom. The maximum atomic E-state index is 12.2. The van der Waals surface area contributed by atoms with Crippen molar-refractivity contribution in [1.82, 2.24) is 15.3 Å². The average molecular weight is 389 g/mol. The van der Waals surface area contributed by atoms with Crippen LogP contribution < -0.4 is 11.1 Å². The van der Waals surface area contributed by atoms with Gasteiger partial charge in [-0.3, -0.25) is 4.79 Å². The Morgan fingerprint density at radius 1 is 1.24 bits per heavy atom. The Balaban J connectivity index is 0.00000288. The number of imidazole rings is 1. The van der Waals surface area contributed by atoms with Crippen molar-refractivity contribution in [2.75, 3.05) is 7.11 Å². The zero-order chi connectivity index (χ0) is 16.7. The second-order valence-electron chi connectivity index (χ2n) is 5.16. The first-order valence-electron chi connectivity index (χ1n) is 7.25. The number of hydrogen-bond acceptors (Lipinski definition) is 5. The van der Waals surface area contributed by atoms with Crippen molar-refractivity contribution in [3.05, 3.63) is 54.1 Å². The number of aromatic amines is 1. The Bertz CT molecular complexity index is 638. The minimum absolute atomic E-state index is 0. The van der Waals surface area contributed by atoms with Gasteiger partial charge in [0.1, 0.15) is 6.04 Å². The fourth-order valence-electron chi connectivity index (χ4n) is 2.19. The number of hydrogen-bond donors (Lipinski definition) is 3. The van der Waals surface area contributed by atoms with Crippen LogP contribution in [0.5, 0.6) is 0 Å². The second-order valence-corrected chi connectivity index (χ2v) is 5.16. The highest BCUT2D eigenvalue weighted by atomic mass is 35.5. The third kappa shape index (κ3) is 7.13. The molecule has 0 fully saturated rings.